The lowest BCUT2D eigenvalue weighted by atomic mass is 9.93. The number of likely N-dealkylation sites (tertiary alicyclic amines) is 1. The Balaban J connectivity index is 1.62. The van der Waals surface area contributed by atoms with Crippen LogP contribution in [0.3, 0.4) is 0 Å². The first-order valence-corrected chi connectivity index (χ1v) is 10.2. The minimum atomic E-state index is -0.323. The second kappa shape index (κ2) is 7.89. The Bertz CT molecular complexity index is 735. The van der Waals surface area contributed by atoms with Crippen LogP contribution in [0.4, 0.5) is 0 Å². The maximum atomic E-state index is 12.6. The number of likely N-dealkylation sites (N-methyl/N-ethyl adjacent to an activating group) is 1. The molecule has 0 bridgehead atoms. The Hall–Kier alpha value is -1.72. The van der Waals surface area contributed by atoms with E-state index in [-0.39, 0.29) is 11.3 Å². The van der Waals surface area contributed by atoms with Crippen molar-refractivity contribution in [3.63, 3.8) is 0 Å². The first kappa shape index (κ1) is 19.1. The van der Waals surface area contributed by atoms with E-state index in [1.165, 1.54) is 5.56 Å². The molecule has 2 aromatic rings. The minimum Gasteiger partial charge on any atom is -0.341 e. The molecule has 2 heterocycles. The number of nitrogens with zero attached hydrogens (tertiary/aromatic N) is 3. The van der Waals surface area contributed by atoms with E-state index in [1.54, 1.807) is 11.3 Å². The number of carbonyl (C=O) groups excluding carboxylic acids is 1. The number of aromatic nitrogens is 1. The van der Waals surface area contributed by atoms with E-state index in [0.29, 0.717) is 6.04 Å². The van der Waals surface area contributed by atoms with Crippen molar-refractivity contribution in [1.82, 2.24) is 14.8 Å². The number of amides is 1. The second-order valence-electron chi connectivity index (χ2n) is 8.21. The van der Waals surface area contributed by atoms with Crippen molar-refractivity contribution in [1.29, 1.82) is 0 Å². The van der Waals surface area contributed by atoms with Crippen molar-refractivity contribution in [2.24, 2.45) is 5.41 Å². The molecule has 140 valence electrons. The molecule has 1 aliphatic rings. The Morgan fingerprint density at radius 1 is 1.31 bits per heavy atom. The van der Waals surface area contributed by atoms with Crippen LogP contribution in [0.15, 0.2) is 35.7 Å². The molecule has 26 heavy (non-hydrogen) atoms. The van der Waals surface area contributed by atoms with Crippen molar-refractivity contribution in [2.75, 3.05) is 20.1 Å². The van der Waals surface area contributed by atoms with Crippen LogP contribution in [0, 0.1) is 5.41 Å². The maximum Gasteiger partial charge on any atom is 0.227 e. The number of hydrogen-bond acceptors (Lipinski definition) is 4. The zero-order valence-corrected chi connectivity index (χ0v) is 17.1. The first-order valence-electron chi connectivity index (χ1n) is 9.34. The average Bonchev–Trinajstić information content (AvgIpc) is 3.09. The van der Waals surface area contributed by atoms with Gasteiger partial charge in [-0.15, -0.1) is 11.3 Å². The van der Waals surface area contributed by atoms with Crippen molar-refractivity contribution < 1.29 is 4.79 Å². The lowest BCUT2D eigenvalue weighted by Crippen LogP contribution is -2.50. The third-order valence-electron chi connectivity index (χ3n) is 4.95. The molecule has 4 nitrogen and oxygen atoms in total. The van der Waals surface area contributed by atoms with E-state index in [9.17, 15) is 4.79 Å². The molecular formula is C21H29N3OS. The summed E-state index contributed by atoms with van der Waals surface area (Å²) in [6.45, 7) is 8.84. The Labute approximate surface area is 160 Å². The summed E-state index contributed by atoms with van der Waals surface area (Å²) in [6, 6.07) is 10.6. The van der Waals surface area contributed by atoms with Crippen molar-refractivity contribution >= 4 is 17.2 Å². The van der Waals surface area contributed by atoms with Gasteiger partial charge in [0.1, 0.15) is 5.01 Å². The quantitative estimate of drug-likeness (QED) is 0.805. The monoisotopic (exact) mass is 371 g/mol. The predicted octanol–water partition coefficient (Wildman–Crippen LogP) is 4.28. The van der Waals surface area contributed by atoms with Gasteiger partial charge in [-0.05, 0) is 19.4 Å². The summed E-state index contributed by atoms with van der Waals surface area (Å²) in [4.78, 5) is 21.8. The molecule has 0 radical (unpaired) electrons. The van der Waals surface area contributed by atoms with Crippen molar-refractivity contribution in [3.05, 3.63) is 41.4 Å². The van der Waals surface area contributed by atoms with Gasteiger partial charge in [0, 0.05) is 42.5 Å². The zero-order chi connectivity index (χ0) is 18.7. The summed E-state index contributed by atoms with van der Waals surface area (Å²) >= 11 is 1.70. The molecular weight excluding hydrogens is 342 g/mol. The number of benzene rings is 1. The summed E-state index contributed by atoms with van der Waals surface area (Å²) in [5, 5.41) is 3.24. The summed E-state index contributed by atoms with van der Waals surface area (Å²) < 4.78 is 0. The summed E-state index contributed by atoms with van der Waals surface area (Å²) in [5.41, 5.74) is 1.98. The Morgan fingerprint density at radius 2 is 2.04 bits per heavy atom. The number of piperidine rings is 1. The van der Waals surface area contributed by atoms with Gasteiger partial charge in [0.2, 0.25) is 5.91 Å². The second-order valence-corrected chi connectivity index (χ2v) is 9.07. The van der Waals surface area contributed by atoms with Crippen LogP contribution in [0.1, 0.15) is 39.3 Å². The van der Waals surface area contributed by atoms with Crippen molar-refractivity contribution in [3.8, 4) is 10.6 Å². The molecule has 5 heteroatoms. The van der Waals surface area contributed by atoms with Crippen LogP contribution < -0.4 is 0 Å². The van der Waals surface area contributed by atoms with Crippen LogP contribution in [0.25, 0.3) is 10.6 Å². The van der Waals surface area contributed by atoms with Crippen LogP contribution in [0.5, 0.6) is 0 Å². The SMILES string of the molecule is CN(C(=O)C(C)(C)C)C1CCCN(Cc2csc(-c3ccccc3)n2)C1. The van der Waals surface area contributed by atoms with Crippen molar-refractivity contribution in [2.45, 2.75) is 46.2 Å². The van der Waals surface area contributed by atoms with Gasteiger partial charge in [0.15, 0.2) is 0 Å². The Morgan fingerprint density at radius 3 is 2.73 bits per heavy atom. The molecule has 1 saturated heterocycles. The number of hydrogen-bond donors (Lipinski definition) is 0. The standard InChI is InChI=1S/C21H29N3OS/c1-21(2,3)20(25)23(4)18-11-8-12-24(14-18)13-17-15-26-19(22-17)16-9-6-5-7-10-16/h5-7,9-10,15,18H,8,11-14H2,1-4H3. The molecule has 1 aromatic heterocycles. The van der Waals surface area contributed by atoms with Gasteiger partial charge in [-0.1, -0.05) is 51.1 Å². The van der Waals surface area contributed by atoms with Gasteiger partial charge in [0.25, 0.3) is 0 Å². The van der Waals surface area contributed by atoms with Gasteiger partial charge in [0.05, 0.1) is 5.69 Å². The molecule has 0 aliphatic carbocycles. The molecule has 0 saturated carbocycles. The highest BCUT2D eigenvalue weighted by molar-refractivity contribution is 7.13. The van der Waals surface area contributed by atoms with Gasteiger partial charge in [-0.25, -0.2) is 4.98 Å². The van der Waals surface area contributed by atoms with E-state index in [2.05, 4.69) is 22.4 Å². The molecule has 1 aromatic carbocycles. The van der Waals surface area contributed by atoms with Crippen LogP contribution in [-0.2, 0) is 11.3 Å². The third kappa shape index (κ3) is 4.51. The zero-order valence-electron chi connectivity index (χ0n) is 16.2. The van der Waals surface area contributed by atoms with Gasteiger partial charge >= 0.3 is 0 Å². The fourth-order valence-electron chi connectivity index (χ4n) is 3.51. The van der Waals surface area contributed by atoms with E-state index in [1.807, 2.05) is 50.9 Å². The van der Waals surface area contributed by atoms with E-state index in [0.717, 1.165) is 43.2 Å². The first-order chi connectivity index (χ1) is 12.3. The molecule has 1 fully saturated rings. The smallest absolute Gasteiger partial charge is 0.227 e. The van der Waals surface area contributed by atoms with Crippen LogP contribution in [0.2, 0.25) is 0 Å². The van der Waals surface area contributed by atoms with E-state index < -0.39 is 0 Å². The topological polar surface area (TPSA) is 36.4 Å². The molecule has 1 atom stereocenters. The van der Waals surface area contributed by atoms with Crippen LogP contribution in [-0.4, -0.2) is 46.9 Å². The number of carbonyl (C=O) groups is 1. The fourth-order valence-corrected chi connectivity index (χ4v) is 4.32. The van der Waals surface area contributed by atoms with Crippen LogP contribution >= 0.6 is 11.3 Å². The largest absolute Gasteiger partial charge is 0.341 e. The summed E-state index contributed by atoms with van der Waals surface area (Å²) in [6.07, 6.45) is 2.21. The van der Waals surface area contributed by atoms with Gasteiger partial charge in [-0.2, -0.15) is 0 Å². The molecule has 1 amide bonds. The maximum absolute atomic E-state index is 12.6. The summed E-state index contributed by atoms with van der Waals surface area (Å²) in [7, 11) is 1.96. The normalized spacial score (nSPS) is 18.7. The third-order valence-corrected chi connectivity index (χ3v) is 5.89. The average molecular weight is 372 g/mol. The molecule has 0 spiro atoms. The van der Waals surface area contributed by atoms with Gasteiger partial charge < -0.3 is 4.90 Å². The fraction of sp³-hybridized carbons (Fsp3) is 0.524. The molecule has 1 unspecified atom stereocenters. The number of rotatable bonds is 4. The molecule has 1 aliphatic heterocycles. The van der Waals surface area contributed by atoms with E-state index in [4.69, 9.17) is 4.98 Å². The lowest BCUT2D eigenvalue weighted by molar-refractivity contribution is -0.141. The predicted molar refractivity (Wildman–Crippen MR) is 108 cm³/mol. The van der Waals surface area contributed by atoms with E-state index >= 15 is 0 Å². The molecule has 3 rings (SSSR count). The van der Waals surface area contributed by atoms with Gasteiger partial charge in [-0.3, -0.25) is 9.69 Å². The summed E-state index contributed by atoms with van der Waals surface area (Å²) in [5.74, 6) is 0.226. The minimum absolute atomic E-state index is 0.226. The highest BCUT2D eigenvalue weighted by Gasteiger charge is 2.32. The number of thiazole rings is 1. The molecule has 0 N–H and O–H groups in total. The lowest BCUT2D eigenvalue weighted by Gasteiger charge is -2.39. The Kier molecular flexibility index (Phi) is 5.78. The highest BCUT2D eigenvalue weighted by Crippen LogP contribution is 2.26. The highest BCUT2D eigenvalue weighted by atomic mass is 32.1.